The molecule has 0 bridgehead atoms. The Balaban J connectivity index is 2.32. The first-order valence-corrected chi connectivity index (χ1v) is 7.09. The van der Waals surface area contributed by atoms with E-state index in [2.05, 4.69) is 10.2 Å². The summed E-state index contributed by atoms with van der Waals surface area (Å²) in [4.78, 5) is 13.2. The first-order chi connectivity index (χ1) is 9.38. The van der Waals surface area contributed by atoms with E-state index >= 15 is 0 Å². The lowest BCUT2D eigenvalue weighted by Crippen LogP contribution is -2.14. The maximum atomic E-state index is 13.8. The molecule has 1 aromatic heterocycles. The second-order valence-corrected chi connectivity index (χ2v) is 6.33. The van der Waals surface area contributed by atoms with Crippen LogP contribution < -0.4 is 16.4 Å². The number of primary amides is 1. The van der Waals surface area contributed by atoms with Gasteiger partial charge in [0.1, 0.15) is 5.82 Å². The van der Waals surface area contributed by atoms with Crippen molar-refractivity contribution < 1.29 is 9.18 Å². The van der Waals surface area contributed by atoms with Crippen molar-refractivity contribution in [2.24, 2.45) is 5.73 Å². The third-order valence-electron chi connectivity index (χ3n) is 2.35. The zero-order valence-electron chi connectivity index (χ0n) is 10.8. The minimum absolute atomic E-state index is 0.0191. The molecule has 0 aliphatic carbocycles. The van der Waals surface area contributed by atoms with Gasteiger partial charge in [-0.3, -0.25) is 4.79 Å². The van der Waals surface area contributed by atoms with Gasteiger partial charge in [-0.1, -0.05) is 23.1 Å². The van der Waals surface area contributed by atoms with Crippen LogP contribution >= 0.6 is 23.1 Å². The highest BCUT2D eigenvalue weighted by atomic mass is 32.2. The fourth-order valence-electron chi connectivity index (χ4n) is 1.38. The van der Waals surface area contributed by atoms with Gasteiger partial charge in [0.25, 0.3) is 5.91 Å². The summed E-state index contributed by atoms with van der Waals surface area (Å²) >= 11 is 2.39. The molecule has 106 valence electrons. The normalized spacial score (nSPS) is 10.6. The van der Waals surface area contributed by atoms with Crippen molar-refractivity contribution >= 4 is 39.8 Å². The quantitative estimate of drug-likeness (QED) is 0.832. The predicted molar refractivity (Wildman–Crippen MR) is 77.7 cm³/mol. The lowest BCUT2D eigenvalue weighted by atomic mass is 10.1. The van der Waals surface area contributed by atoms with Crippen LogP contribution in [0, 0.1) is 5.82 Å². The molecule has 6 nitrogen and oxygen atoms in total. The number of carbonyl (C=O) groups excluding carboxylic acids is 1. The fraction of sp³-hybridized carbons (Fsp3) is 0.182. The second kappa shape index (κ2) is 5.63. The summed E-state index contributed by atoms with van der Waals surface area (Å²) in [6, 6.07) is 2.41. The zero-order chi connectivity index (χ0) is 14.9. The van der Waals surface area contributed by atoms with Crippen LogP contribution in [-0.2, 0) is 0 Å². The number of hydrogen-bond donors (Lipinski definition) is 2. The number of hydrogen-bond acceptors (Lipinski definition) is 7. The Labute approximate surface area is 123 Å². The Morgan fingerprint density at radius 3 is 2.65 bits per heavy atom. The molecule has 0 saturated carbocycles. The average molecular weight is 313 g/mol. The molecule has 20 heavy (non-hydrogen) atoms. The fourth-order valence-corrected chi connectivity index (χ4v) is 3.14. The molecule has 0 unspecified atom stereocenters. The summed E-state index contributed by atoms with van der Waals surface area (Å²) < 4.78 is 14.4. The number of nitrogen functional groups attached to an aromatic ring is 1. The van der Waals surface area contributed by atoms with E-state index in [1.54, 1.807) is 4.90 Å². The van der Waals surface area contributed by atoms with Crippen LogP contribution in [0.2, 0.25) is 0 Å². The molecule has 0 fully saturated rings. The number of carbonyl (C=O) groups is 1. The molecule has 4 N–H and O–H groups in total. The molecule has 0 atom stereocenters. The topological polar surface area (TPSA) is 98.1 Å². The molecule has 1 heterocycles. The zero-order valence-corrected chi connectivity index (χ0v) is 12.4. The Morgan fingerprint density at radius 1 is 1.40 bits per heavy atom. The second-order valence-electron chi connectivity index (χ2n) is 4.08. The molecule has 0 spiro atoms. The van der Waals surface area contributed by atoms with Gasteiger partial charge in [0.05, 0.1) is 10.5 Å². The Hall–Kier alpha value is -1.87. The smallest absolute Gasteiger partial charge is 0.250 e. The van der Waals surface area contributed by atoms with Gasteiger partial charge in [-0.2, -0.15) is 0 Å². The van der Waals surface area contributed by atoms with Crippen LogP contribution in [0.15, 0.2) is 21.4 Å². The lowest BCUT2D eigenvalue weighted by Gasteiger charge is -2.06. The van der Waals surface area contributed by atoms with Gasteiger partial charge in [-0.15, -0.1) is 10.2 Å². The monoisotopic (exact) mass is 313 g/mol. The summed E-state index contributed by atoms with van der Waals surface area (Å²) in [5, 5.41) is 8.60. The number of benzene rings is 1. The SMILES string of the molecule is CN(C)c1nnc(Sc2cc(C(N)=O)c(N)cc2F)s1. The van der Waals surface area contributed by atoms with Crippen molar-refractivity contribution in [1.29, 1.82) is 0 Å². The molecule has 1 aromatic carbocycles. The summed E-state index contributed by atoms with van der Waals surface area (Å²) in [5.41, 5.74) is 10.8. The van der Waals surface area contributed by atoms with Gasteiger partial charge in [0, 0.05) is 19.8 Å². The van der Waals surface area contributed by atoms with Crippen molar-refractivity contribution in [3.05, 3.63) is 23.5 Å². The van der Waals surface area contributed by atoms with Crippen molar-refractivity contribution in [3.63, 3.8) is 0 Å². The number of nitrogens with zero attached hydrogens (tertiary/aromatic N) is 3. The average Bonchev–Trinajstić information content (AvgIpc) is 2.80. The van der Waals surface area contributed by atoms with E-state index in [9.17, 15) is 9.18 Å². The predicted octanol–water partition coefficient (Wildman–Crippen LogP) is 1.58. The van der Waals surface area contributed by atoms with E-state index in [1.807, 2.05) is 14.1 Å². The number of anilines is 2. The third-order valence-corrected chi connectivity index (χ3v) is 4.52. The molecule has 2 aromatic rings. The molecule has 1 amide bonds. The standard InChI is InChI=1S/C11H12FN5OS2/c1-17(2)10-15-16-11(20-10)19-8-3-5(9(14)18)7(13)4-6(8)12/h3-4H,13H2,1-2H3,(H2,14,18). The largest absolute Gasteiger partial charge is 0.398 e. The van der Waals surface area contributed by atoms with E-state index < -0.39 is 11.7 Å². The summed E-state index contributed by atoms with van der Waals surface area (Å²) in [6.45, 7) is 0. The molecule has 0 aliphatic rings. The molecular formula is C11H12FN5OS2. The Bertz CT molecular complexity index is 658. The molecular weight excluding hydrogens is 301 g/mol. The lowest BCUT2D eigenvalue weighted by molar-refractivity contribution is 0.100. The minimum Gasteiger partial charge on any atom is -0.398 e. The first-order valence-electron chi connectivity index (χ1n) is 5.46. The highest BCUT2D eigenvalue weighted by Crippen LogP contribution is 2.35. The maximum Gasteiger partial charge on any atom is 0.250 e. The van der Waals surface area contributed by atoms with Gasteiger partial charge < -0.3 is 16.4 Å². The number of amides is 1. The highest BCUT2D eigenvalue weighted by molar-refractivity contribution is 8.01. The molecule has 0 aliphatic heterocycles. The van der Waals surface area contributed by atoms with Crippen LogP contribution in [0.25, 0.3) is 0 Å². The number of aromatic nitrogens is 2. The van der Waals surface area contributed by atoms with E-state index in [0.717, 1.165) is 17.8 Å². The van der Waals surface area contributed by atoms with Crippen LogP contribution in [-0.4, -0.2) is 30.2 Å². The first kappa shape index (κ1) is 14.5. The van der Waals surface area contributed by atoms with Crippen LogP contribution in [0.5, 0.6) is 0 Å². The van der Waals surface area contributed by atoms with Gasteiger partial charge in [-0.25, -0.2) is 4.39 Å². The van der Waals surface area contributed by atoms with Crippen molar-refractivity contribution in [1.82, 2.24) is 10.2 Å². The van der Waals surface area contributed by atoms with Crippen molar-refractivity contribution in [2.75, 3.05) is 24.7 Å². The van der Waals surface area contributed by atoms with E-state index in [1.165, 1.54) is 17.4 Å². The van der Waals surface area contributed by atoms with E-state index in [0.29, 0.717) is 9.47 Å². The summed E-state index contributed by atoms with van der Waals surface area (Å²) in [7, 11) is 3.67. The van der Waals surface area contributed by atoms with Crippen LogP contribution in [0.4, 0.5) is 15.2 Å². The Morgan fingerprint density at radius 2 is 2.10 bits per heavy atom. The van der Waals surface area contributed by atoms with E-state index in [4.69, 9.17) is 11.5 Å². The summed E-state index contributed by atoms with van der Waals surface area (Å²) in [6.07, 6.45) is 0. The van der Waals surface area contributed by atoms with Crippen molar-refractivity contribution in [3.8, 4) is 0 Å². The van der Waals surface area contributed by atoms with Gasteiger partial charge in [0.2, 0.25) is 5.13 Å². The molecule has 0 saturated heterocycles. The number of nitrogens with two attached hydrogens (primary N) is 2. The number of halogens is 1. The van der Waals surface area contributed by atoms with Crippen LogP contribution in [0.1, 0.15) is 10.4 Å². The third kappa shape index (κ3) is 2.99. The summed E-state index contributed by atoms with van der Waals surface area (Å²) in [5.74, 6) is -1.23. The molecule has 9 heteroatoms. The van der Waals surface area contributed by atoms with Crippen molar-refractivity contribution in [2.45, 2.75) is 9.24 Å². The van der Waals surface area contributed by atoms with Gasteiger partial charge in [0.15, 0.2) is 4.34 Å². The van der Waals surface area contributed by atoms with Gasteiger partial charge in [-0.05, 0) is 12.1 Å². The molecule has 2 rings (SSSR count). The maximum absolute atomic E-state index is 13.8. The minimum atomic E-state index is -0.699. The van der Waals surface area contributed by atoms with Gasteiger partial charge >= 0.3 is 0 Å². The highest BCUT2D eigenvalue weighted by Gasteiger charge is 2.15. The number of rotatable bonds is 4. The van der Waals surface area contributed by atoms with E-state index in [-0.39, 0.29) is 16.1 Å². The molecule has 0 radical (unpaired) electrons. The van der Waals surface area contributed by atoms with Crippen LogP contribution in [0.3, 0.4) is 0 Å². The Kier molecular flexibility index (Phi) is 4.09.